The van der Waals surface area contributed by atoms with Gasteiger partial charge in [0, 0.05) is 29.2 Å². The van der Waals surface area contributed by atoms with Gasteiger partial charge in [0.05, 0.1) is 15.6 Å². The van der Waals surface area contributed by atoms with Crippen LogP contribution < -0.4 is 16.0 Å². The molecule has 8 nitrogen and oxygen atoms in total. The lowest BCUT2D eigenvalue weighted by molar-refractivity contribution is -0.384. The first-order valence-electron chi connectivity index (χ1n) is 8.41. The molecule has 0 fully saturated rings. The number of carbonyl (C=O) groups excluding carboxylic acids is 2. The standard InChI is InChI=1S/C20H15ClN4O4/c21-17-11-10-16(25(28)29)12-18(17)24-20(27)19(26)23-15-8-6-14(7-9-15)22-13-4-2-1-3-5-13/h1-12,22H,(H,23,26)(H,24,27). The van der Waals surface area contributed by atoms with Gasteiger partial charge >= 0.3 is 11.8 Å². The molecule has 0 aliphatic rings. The fraction of sp³-hybridized carbons (Fsp3) is 0. The predicted molar refractivity (Wildman–Crippen MR) is 112 cm³/mol. The topological polar surface area (TPSA) is 113 Å². The van der Waals surface area contributed by atoms with E-state index in [9.17, 15) is 19.7 Å². The van der Waals surface area contributed by atoms with Gasteiger partial charge in [-0.25, -0.2) is 0 Å². The molecule has 0 atom stereocenters. The Hall–Kier alpha value is -3.91. The number of nitro groups is 1. The summed E-state index contributed by atoms with van der Waals surface area (Å²) in [5, 5.41) is 18.8. The van der Waals surface area contributed by atoms with Crippen LogP contribution in [0.4, 0.5) is 28.4 Å². The molecule has 2 amide bonds. The smallest absolute Gasteiger partial charge is 0.314 e. The van der Waals surface area contributed by atoms with Gasteiger partial charge in [-0.1, -0.05) is 29.8 Å². The minimum atomic E-state index is -1.00. The summed E-state index contributed by atoms with van der Waals surface area (Å²) in [6, 6.07) is 19.9. The van der Waals surface area contributed by atoms with Crippen molar-refractivity contribution in [2.24, 2.45) is 0 Å². The van der Waals surface area contributed by atoms with Crippen LogP contribution in [0.2, 0.25) is 5.02 Å². The number of amides is 2. The van der Waals surface area contributed by atoms with Crippen molar-refractivity contribution in [1.82, 2.24) is 0 Å². The molecule has 0 saturated carbocycles. The van der Waals surface area contributed by atoms with Crippen LogP contribution in [0.1, 0.15) is 0 Å². The number of nitrogens with zero attached hydrogens (tertiary/aromatic N) is 1. The second-order valence-electron chi connectivity index (χ2n) is 5.90. The summed E-state index contributed by atoms with van der Waals surface area (Å²) in [5.41, 5.74) is 1.85. The zero-order valence-corrected chi connectivity index (χ0v) is 15.6. The number of carbonyl (C=O) groups is 2. The molecule has 0 radical (unpaired) electrons. The molecule has 0 aliphatic carbocycles. The van der Waals surface area contributed by atoms with E-state index in [4.69, 9.17) is 11.6 Å². The largest absolute Gasteiger partial charge is 0.356 e. The summed E-state index contributed by atoms with van der Waals surface area (Å²) in [6.07, 6.45) is 0. The maximum absolute atomic E-state index is 12.1. The van der Waals surface area contributed by atoms with Gasteiger partial charge in [0.1, 0.15) is 0 Å². The highest BCUT2D eigenvalue weighted by Crippen LogP contribution is 2.26. The molecular weight excluding hydrogens is 396 g/mol. The molecule has 0 bridgehead atoms. The van der Waals surface area contributed by atoms with Gasteiger partial charge in [-0.05, 0) is 42.5 Å². The first kappa shape index (κ1) is 19.8. The number of rotatable bonds is 5. The van der Waals surface area contributed by atoms with Crippen LogP contribution in [0.3, 0.4) is 0 Å². The van der Waals surface area contributed by atoms with Crippen molar-refractivity contribution in [3.05, 3.63) is 87.9 Å². The number of para-hydroxylation sites is 1. The highest BCUT2D eigenvalue weighted by Gasteiger charge is 2.17. The third-order valence-electron chi connectivity index (χ3n) is 3.82. The Balaban J connectivity index is 1.62. The zero-order chi connectivity index (χ0) is 20.8. The molecular formula is C20H15ClN4O4. The summed E-state index contributed by atoms with van der Waals surface area (Å²) in [4.78, 5) is 34.4. The number of nitro benzene ring substituents is 1. The lowest BCUT2D eigenvalue weighted by Crippen LogP contribution is -2.29. The van der Waals surface area contributed by atoms with Crippen LogP contribution >= 0.6 is 11.6 Å². The molecule has 29 heavy (non-hydrogen) atoms. The van der Waals surface area contributed by atoms with Crippen LogP contribution in [-0.4, -0.2) is 16.7 Å². The maximum Gasteiger partial charge on any atom is 0.314 e. The van der Waals surface area contributed by atoms with Crippen molar-refractivity contribution >= 4 is 51.9 Å². The van der Waals surface area contributed by atoms with Crippen LogP contribution in [0, 0.1) is 10.1 Å². The molecule has 3 N–H and O–H groups in total. The molecule has 0 saturated heterocycles. The fourth-order valence-corrected chi connectivity index (χ4v) is 2.58. The summed E-state index contributed by atoms with van der Waals surface area (Å²) >= 11 is 5.92. The van der Waals surface area contributed by atoms with Gasteiger partial charge in [-0.2, -0.15) is 0 Å². The van der Waals surface area contributed by atoms with E-state index in [1.165, 1.54) is 12.1 Å². The number of halogens is 1. The Morgan fingerprint density at radius 1 is 0.793 bits per heavy atom. The molecule has 0 aliphatic heterocycles. The van der Waals surface area contributed by atoms with E-state index in [0.717, 1.165) is 17.4 Å². The van der Waals surface area contributed by atoms with Crippen molar-refractivity contribution in [2.75, 3.05) is 16.0 Å². The first-order chi connectivity index (χ1) is 13.9. The molecule has 0 heterocycles. The summed E-state index contributed by atoms with van der Waals surface area (Å²) in [6.45, 7) is 0. The number of hydrogen-bond acceptors (Lipinski definition) is 5. The van der Waals surface area contributed by atoms with E-state index < -0.39 is 16.7 Å². The molecule has 0 unspecified atom stereocenters. The SMILES string of the molecule is O=C(Nc1ccc(Nc2ccccc2)cc1)C(=O)Nc1cc([N+](=O)[O-])ccc1Cl. The third kappa shape index (κ3) is 5.30. The molecule has 0 spiro atoms. The Bertz CT molecular complexity index is 1060. The van der Waals surface area contributed by atoms with E-state index in [1.807, 2.05) is 30.3 Å². The van der Waals surface area contributed by atoms with Crippen molar-refractivity contribution in [2.45, 2.75) is 0 Å². The number of anilines is 4. The fourth-order valence-electron chi connectivity index (χ4n) is 2.41. The zero-order valence-electron chi connectivity index (χ0n) is 14.9. The molecule has 9 heteroatoms. The van der Waals surface area contributed by atoms with E-state index in [0.29, 0.717) is 5.69 Å². The van der Waals surface area contributed by atoms with Gasteiger partial charge in [0.2, 0.25) is 0 Å². The molecule has 3 aromatic carbocycles. The lowest BCUT2D eigenvalue weighted by atomic mass is 10.2. The van der Waals surface area contributed by atoms with Gasteiger partial charge < -0.3 is 16.0 Å². The van der Waals surface area contributed by atoms with Crippen LogP contribution in [0.5, 0.6) is 0 Å². The Morgan fingerprint density at radius 2 is 1.38 bits per heavy atom. The molecule has 0 aromatic heterocycles. The van der Waals surface area contributed by atoms with Gasteiger partial charge in [-0.3, -0.25) is 19.7 Å². The number of nitrogens with one attached hydrogen (secondary N) is 3. The van der Waals surface area contributed by atoms with E-state index in [2.05, 4.69) is 16.0 Å². The van der Waals surface area contributed by atoms with Crippen molar-refractivity contribution in [3.8, 4) is 0 Å². The Kier molecular flexibility index (Phi) is 6.06. The number of benzene rings is 3. The maximum atomic E-state index is 12.1. The van der Waals surface area contributed by atoms with E-state index >= 15 is 0 Å². The van der Waals surface area contributed by atoms with Crippen LogP contribution in [-0.2, 0) is 9.59 Å². The second-order valence-corrected chi connectivity index (χ2v) is 6.31. The van der Waals surface area contributed by atoms with Gasteiger partial charge in [-0.15, -0.1) is 0 Å². The predicted octanol–water partition coefficient (Wildman–Crippen LogP) is 4.57. The van der Waals surface area contributed by atoms with Gasteiger partial charge in [0.15, 0.2) is 0 Å². The van der Waals surface area contributed by atoms with E-state index in [1.54, 1.807) is 24.3 Å². The second kappa shape index (κ2) is 8.85. The van der Waals surface area contributed by atoms with E-state index in [-0.39, 0.29) is 16.4 Å². The van der Waals surface area contributed by atoms with Gasteiger partial charge in [0.25, 0.3) is 5.69 Å². The minimum absolute atomic E-state index is 0.0246. The Labute approximate surface area is 170 Å². The number of hydrogen-bond donors (Lipinski definition) is 3. The van der Waals surface area contributed by atoms with Crippen LogP contribution in [0.15, 0.2) is 72.8 Å². The monoisotopic (exact) mass is 410 g/mol. The number of non-ortho nitro benzene ring substituents is 1. The summed E-state index contributed by atoms with van der Waals surface area (Å²) < 4.78 is 0. The molecule has 3 aromatic rings. The third-order valence-corrected chi connectivity index (χ3v) is 4.15. The van der Waals surface area contributed by atoms with Crippen LogP contribution in [0.25, 0.3) is 0 Å². The first-order valence-corrected chi connectivity index (χ1v) is 8.78. The highest BCUT2D eigenvalue weighted by atomic mass is 35.5. The minimum Gasteiger partial charge on any atom is -0.356 e. The quantitative estimate of drug-likeness (QED) is 0.324. The lowest BCUT2D eigenvalue weighted by Gasteiger charge is -2.09. The molecule has 3 rings (SSSR count). The average Bonchev–Trinajstić information content (AvgIpc) is 2.71. The van der Waals surface area contributed by atoms with Crippen molar-refractivity contribution in [3.63, 3.8) is 0 Å². The highest BCUT2D eigenvalue weighted by molar-refractivity contribution is 6.44. The summed E-state index contributed by atoms with van der Waals surface area (Å²) in [7, 11) is 0. The average molecular weight is 411 g/mol. The normalized spacial score (nSPS) is 10.1. The molecule has 146 valence electrons. The summed E-state index contributed by atoms with van der Waals surface area (Å²) in [5.74, 6) is -1.93. The van der Waals surface area contributed by atoms with Crippen molar-refractivity contribution < 1.29 is 14.5 Å². The van der Waals surface area contributed by atoms with Crippen molar-refractivity contribution in [1.29, 1.82) is 0 Å². The Morgan fingerprint density at radius 3 is 2.03 bits per heavy atom.